The maximum Gasteiger partial charge on any atom is 0.0820 e. The van der Waals surface area contributed by atoms with E-state index in [-0.39, 0.29) is 0 Å². The predicted octanol–water partition coefficient (Wildman–Crippen LogP) is 4.00. The molecule has 0 bridgehead atoms. The third-order valence-electron chi connectivity index (χ3n) is 2.14. The Kier molecular flexibility index (Phi) is 3.65. The minimum atomic E-state index is 0.615. The summed E-state index contributed by atoms with van der Waals surface area (Å²) < 4.78 is 0. The molecule has 0 saturated heterocycles. The minimum absolute atomic E-state index is 0.615. The number of benzene rings is 1. The largest absolute Gasteiger partial charge is 0.380 e. The highest BCUT2D eigenvalue weighted by atomic mass is 35.5. The number of aromatic nitrogens is 1. The molecule has 1 aromatic carbocycles. The molecule has 1 N–H and O–H groups in total. The first kappa shape index (κ1) is 11.2. The van der Waals surface area contributed by atoms with E-state index in [9.17, 15) is 0 Å². The van der Waals surface area contributed by atoms with E-state index in [0.29, 0.717) is 11.6 Å². The molecule has 0 aliphatic heterocycles. The number of anilines is 1. The van der Waals surface area contributed by atoms with Crippen molar-refractivity contribution in [1.82, 2.24) is 4.98 Å². The van der Waals surface area contributed by atoms with Crippen LogP contribution in [0.15, 0.2) is 42.7 Å². The number of nitrogens with zero attached hydrogens (tertiary/aromatic N) is 1. The van der Waals surface area contributed by atoms with Crippen molar-refractivity contribution in [2.45, 2.75) is 6.54 Å². The summed E-state index contributed by atoms with van der Waals surface area (Å²) in [4.78, 5) is 3.92. The van der Waals surface area contributed by atoms with Crippen molar-refractivity contribution in [3.8, 4) is 0 Å². The van der Waals surface area contributed by atoms with Gasteiger partial charge in [0.2, 0.25) is 0 Å². The molecule has 0 amide bonds. The Bertz CT molecular complexity index is 486. The number of rotatable bonds is 3. The van der Waals surface area contributed by atoms with Crippen molar-refractivity contribution in [2.24, 2.45) is 0 Å². The Morgan fingerprint density at radius 3 is 2.81 bits per heavy atom. The Morgan fingerprint density at radius 1 is 1.19 bits per heavy atom. The maximum absolute atomic E-state index is 5.97. The second-order valence-electron chi connectivity index (χ2n) is 3.34. The van der Waals surface area contributed by atoms with E-state index in [1.165, 1.54) is 0 Å². The van der Waals surface area contributed by atoms with E-state index >= 15 is 0 Å². The molecule has 2 nitrogen and oxygen atoms in total. The summed E-state index contributed by atoms with van der Waals surface area (Å²) in [5, 5.41) is 4.58. The van der Waals surface area contributed by atoms with Gasteiger partial charge in [0, 0.05) is 24.0 Å². The van der Waals surface area contributed by atoms with E-state index in [1.54, 1.807) is 12.4 Å². The van der Waals surface area contributed by atoms with E-state index in [0.717, 1.165) is 16.3 Å². The number of halogens is 2. The zero-order chi connectivity index (χ0) is 11.4. The lowest BCUT2D eigenvalue weighted by Crippen LogP contribution is -1.99. The van der Waals surface area contributed by atoms with E-state index in [1.807, 2.05) is 30.3 Å². The summed E-state index contributed by atoms with van der Waals surface area (Å²) in [5.74, 6) is 0. The minimum Gasteiger partial charge on any atom is -0.380 e. The Labute approximate surface area is 104 Å². The van der Waals surface area contributed by atoms with Crippen LogP contribution in [0.3, 0.4) is 0 Å². The molecule has 0 spiro atoms. The molecular weight excluding hydrogens is 243 g/mol. The first-order valence-electron chi connectivity index (χ1n) is 4.83. The van der Waals surface area contributed by atoms with Gasteiger partial charge in [0.15, 0.2) is 0 Å². The third-order valence-corrected chi connectivity index (χ3v) is 2.68. The lowest BCUT2D eigenvalue weighted by atomic mass is 10.2. The highest BCUT2D eigenvalue weighted by Gasteiger charge is 1.99. The van der Waals surface area contributed by atoms with Gasteiger partial charge >= 0.3 is 0 Å². The van der Waals surface area contributed by atoms with Gasteiger partial charge in [-0.25, -0.2) is 0 Å². The van der Waals surface area contributed by atoms with Crippen molar-refractivity contribution in [3.05, 3.63) is 58.3 Å². The summed E-state index contributed by atoms with van der Waals surface area (Å²) in [7, 11) is 0. The van der Waals surface area contributed by atoms with E-state index in [2.05, 4.69) is 10.3 Å². The average molecular weight is 253 g/mol. The van der Waals surface area contributed by atoms with Gasteiger partial charge in [0.25, 0.3) is 0 Å². The summed E-state index contributed by atoms with van der Waals surface area (Å²) in [6.07, 6.45) is 3.31. The van der Waals surface area contributed by atoms with Crippen LogP contribution in [-0.4, -0.2) is 4.98 Å². The van der Waals surface area contributed by atoms with Gasteiger partial charge in [-0.05, 0) is 23.8 Å². The highest BCUT2D eigenvalue weighted by Crippen LogP contribution is 2.20. The van der Waals surface area contributed by atoms with Gasteiger partial charge < -0.3 is 5.32 Å². The maximum atomic E-state index is 5.97. The van der Waals surface area contributed by atoms with Crippen LogP contribution < -0.4 is 5.32 Å². The smallest absolute Gasteiger partial charge is 0.0820 e. The molecular formula is C12H10Cl2N2. The van der Waals surface area contributed by atoms with Gasteiger partial charge in [0.1, 0.15) is 0 Å². The second kappa shape index (κ2) is 5.19. The molecule has 0 aliphatic rings. The van der Waals surface area contributed by atoms with E-state index in [4.69, 9.17) is 23.2 Å². The Hall–Kier alpha value is -1.25. The van der Waals surface area contributed by atoms with Crippen LogP contribution in [0.5, 0.6) is 0 Å². The lowest BCUT2D eigenvalue weighted by Gasteiger charge is -2.07. The SMILES string of the molecule is Clc1cccc(CNc2ccncc2Cl)c1. The lowest BCUT2D eigenvalue weighted by molar-refractivity contribution is 1.14. The summed E-state index contributed by atoms with van der Waals surface area (Å²) in [5.41, 5.74) is 1.98. The molecule has 4 heteroatoms. The van der Waals surface area contributed by atoms with Crippen LogP contribution in [0.25, 0.3) is 0 Å². The topological polar surface area (TPSA) is 24.9 Å². The second-order valence-corrected chi connectivity index (χ2v) is 4.18. The summed E-state index contributed by atoms with van der Waals surface area (Å²) in [6, 6.07) is 9.54. The zero-order valence-electron chi connectivity index (χ0n) is 8.45. The Balaban J connectivity index is 2.05. The number of nitrogens with one attached hydrogen (secondary N) is 1. The first-order chi connectivity index (χ1) is 7.75. The molecule has 0 radical (unpaired) electrons. The fraction of sp³-hybridized carbons (Fsp3) is 0.0833. The molecule has 82 valence electrons. The summed E-state index contributed by atoms with van der Waals surface area (Å²) >= 11 is 11.9. The predicted molar refractivity (Wildman–Crippen MR) is 68.0 cm³/mol. The molecule has 1 aromatic heterocycles. The van der Waals surface area contributed by atoms with Crippen molar-refractivity contribution < 1.29 is 0 Å². The standard InChI is InChI=1S/C12H10Cl2N2/c13-10-3-1-2-9(6-10)7-16-12-4-5-15-8-11(12)14/h1-6,8H,7H2,(H,15,16). The quantitative estimate of drug-likeness (QED) is 0.894. The molecule has 0 fully saturated rings. The highest BCUT2D eigenvalue weighted by molar-refractivity contribution is 6.33. The Morgan fingerprint density at radius 2 is 2.06 bits per heavy atom. The van der Waals surface area contributed by atoms with Crippen LogP contribution in [0.4, 0.5) is 5.69 Å². The van der Waals surface area contributed by atoms with Crippen molar-refractivity contribution in [3.63, 3.8) is 0 Å². The molecule has 0 saturated carbocycles. The van der Waals surface area contributed by atoms with Crippen molar-refractivity contribution in [2.75, 3.05) is 5.32 Å². The molecule has 1 heterocycles. The van der Waals surface area contributed by atoms with Gasteiger partial charge in [-0.3, -0.25) is 4.98 Å². The van der Waals surface area contributed by atoms with Crippen LogP contribution >= 0.6 is 23.2 Å². The molecule has 0 aliphatic carbocycles. The first-order valence-corrected chi connectivity index (χ1v) is 5.59. The number of hydrogen-bond donors (Lipinski definition) is 1. The fourth-order valence-electron chi connectivity index (χ4n) is 1.36. The van der Waals surface area contributed by atoms with Crippen LogP contribution in [0.2, 0.25) is 10.0 Å². The van der Waals surface area contributed by atoms with Crippen LogP contribution in [0.1, 0.15) is 5.56 Å². The average Bonchev–Trinajstić information content (AvgIpc) is 2.28. The van der Waals surface area contributed by atoms with Crippen molar-refractivity contribution >= 4 is 28.9 Å². The van der Waals surface area contributed by atoms with Gasteiger partial charge in [0.05, 0.1) is 10.7 Å². The monoisotopic (exact) mass is 252 g/mol. The number of pyridine rings is 1. The van der Waals surface area contributed by atoms with Crippen molar-refractivity contribution in [1.29, 1.82) is 0 Å². The molecule has 2 rings (SSSR count). The molecule has 0 atom stereocenters. The van der Waals surface area contributed by atoms with Crippen LogP contribution in [0, 0.1) is 0 Å². The van der Waals surface area contributed by atoms with Gasteiger partial charge in [-0.15, -0.1) is 0 Å². The zero-order valence-corrected chi connectivity index (χ0v) is 9.96. The fourth-order valence-corrected chi connectivity index (χ4v) is 1.76. The number of hydrogen-bond acceptors (Lipinski definition) is 2. The molecule has 0 unspecified atom stereocenters. The van der Waals surface area contributed by atoms with Gasteiger partial charge in [-0.1, -0.05) is 35.3 Å². The summed E-state index contributed by atoms with van der Waals surface area (Å²) in [6.45, 7) is 0.685. The molecule has 16 heavy (non-hydrogen) atoms. The van der Waals surface area contributed by atoms with E-state index < -0.39 is 0 Å². The van der Waals surface area contributed by atoms with Gasteiger partial charge in [-0.2, -0.15) is 0 Å². The molecule has 2 aromatic rings. The van der Waals surface area contributed by atoms with Crippen LogP contribution in [-0.2, 0) is 6.54 Å². The third kappa shape index (κ3) is 2.87. The normalized spacial score (nSPS) is 10.1.